The second kappa shape index (κ2) is 12.8. The first-order chi connectivity index (χ1) is 17.9. The molecular formula is C26H28Cl2F3N3O4. The van der Waals surface area contributed by atoms with Gasteiger partial charge in [-0.2, -0.15) is 18.3 Å². The molecule has 12 heteroatoms. The molecule has 7 nitrogen and oxygen atoms in total. The van der Waals surface area contributed by atoms with E-state index in [4.69, 9.17) is 38.8 Å². The number of nitrogens with two attached hydrogens (primary N) is 1. The van der Waals surface area contributed by atoms with Crippen LogP contribution in [-0.2, 0) is 0 Å². The Hall–Kier alpha value is -2.79. The number of alkyl halides is 3. The van der Waals surface area contributed by atoms with Gasteiger partial charge in [-0.05, 0) is 62.2 Å². The van der Waals surface area contributed by atoms with Gasteiger partial charge in [-0.3, -0.25) is 0 Å². The molecule has 3 aromatic rings. The third kappa shape index (κ3) is 7.86. The van der Waals surface area contributed by atoms with Crippen molar-refractivity contribution in [3.63, 3.8) is 0 Å². The van der Waals surface area contributed by atoms with E-state index in [1.54, 1.807) is 31.2 Å². The highest BCUT2D eigenvalue weighted by atomic mass is 35.5. The molecule has 1 aliphatic carbocycles. The van der Waals surface area contributed by atoms with Gasteiger partial charge >= 0.3 is 12.1 Å². The molecule has 4 rings (SSSR count). The highest BCUT2D eigenvalue weighted by Gasteiger charge is 2.27. The van der Waals surface area contributed by atoms with Crippen LogP contribution in [-0.4, -0.2) is 50.9 Å². The quantitative estimate of drug-likeness (QED) is 0.313. The Morgan fingerprint density at radius 2 is 1.82 bits per heavy atom. The summed E-state index contributed by atoms with van der Waals surface area (Å²) in [5.41, 5.74) is 7.26. The SMILES string of the molecule is Cc1c(C(=O)O)nn(-c2ccc(Cl)cc2Cl)c1-c1ccc(OCCC(F)(F)F)cc1.NC1CCCCC1O. The summed E-state index contributed by atoms with van der Waals surface area (Å²) in [7, 11) is 0. The number of hydrogen-bond donors (Lipinski definition) is 3. The van der Waals surface area contributed by atoms with Crippen LogP contribution in [0.1, 0.15) is 48.2 Å². The van der Waals surface area contributed by atoms with E-state index in [1.807, 2.05) is 0 Å². The van der Waals surface area contributed by atoms with Gasteiger partial charge in [0.15, 0.2) is 5.69 Å². The second-order valence-electron chi connectivity index (χ2n) is 8.89. The lowest BCUT2D eigenvalue weighted by Gasteiger charge is -2.23. The highest BCUT2D eigenvalue weighted by molar-refractivity contribution is 6.35. The van der Waals surface area contributed by atoms with Crippen molar-refractivity contribution in [2.45, 2.75) is 57.3 Å². The van der Waals surface area contributed by atoms with Crippen LogP contribution in [0.5, 0.6) is 5.75 Å². The number of carboxylic acid groups (broad SMARTS) is 1. The summed E-state index contributed by atoms with van der Waals surface area (Å²) < 4.78 is 43.3. The third-order valence-electron chi connectivity index (χ3n) is 6.03. The lowest BCUT2D eigenvalue weighted by atomic mass is 9.94. The largest absolute Gasteiger partial charge is 0.493 e. The average molecular weight is 574 g/mol. The van der Waals surface area contributed by atoms with Crippen LogP contribution < -0.4 is 10.5 Å². The fraction of sp³-hybridized carbons (Fsp3) is 0.385. The van der Waals surface area contributed by atoms with Crippen molar-refractivity contribution in [3.8, 4) is 22.7 Å². The molecule has 0 radical (unpaired) electrons. The summed E-state index contributed by atoms with van der Waals surface area (Å²) >= 11 is 12.2. The Bertz CT molecular complexity index is 1240. The van der Waals surface area contributed by atoms with E-state index in [0.29, 0.717) is 27.5 Å². The number of aliphatic hydroxyl groups excluding tert-OH is 1. The van der Waals surface area contributed by atoms with E-state index >= 15 is 0 Å². The molecule has 0 saturated heterocycles. The number of carbonyl (C=O) groups is 1. The van der Waals surface area contributed by atoms with Crippen molar-refractivity contribution in [1.29, 1.82) is 0 Å². The van der Waals surface area contributed by atoms with Gasteiger partial charge in [-0.15, -0.1) is 0 Å². The van der Waals surface area contributed by atoms with Crippen LogP contribution in [0.25, 0.3) is 16.9 Å². The van der Waals surface area contributed by atoms with Gasteiger partial charge in [0, 0.05) is 22.2 Å². The highest BCUT2D eigenvalue weighted by Crippen LogP contribution is 2.33. The molecule has 1 aliphatic rings. The summed E-state index contributed by atoms with van der Waals surface area (Å²) in [5.74, 6) is -0.945. The van der Waals surface area contributed by atoms with Crippen LogP contribution in [0.2, 0.25) is 10.0 Å². The molecule has 1 fully saturated rings. The van der Waals surface area contributed by atoms with Gasteiger partial charge in [0.25, 0.3) is 0 Å². The Morgan fingerprint density at radius 3 is 2.34 bits per heavy atom. The van der Waals surface area contributed by atoms with Gasteiger partial charge < -0.3 is 20.7 Å². The van der Waals surface area contributed by atoms with Gasteiger partial charge in [-0.25, -0.2) is 9.48 Å². The van der Waals surface area contributed by atoms with Gasteiger partial charge in [0.05, 0.1) is 35.5 Å². The monoisotopic (exact) mass is 573 g/mol. The van der Waals surface area contributed by atoms with Gasteiger partial charge in [-0.1, -0.05) is 36.0 Å². The fourth-order valence-electron chi connectivity index (χ4n) is 4.00. The summed E-state index contributed by atoms with van der Waals surface area (Å²) in [6.45, 7) is 1.11. The molecule has 1 heterocycles. The number of aliphatic hydroxyl groups is 1. The van der Waals surface area contributed by atoms with Crippen molar-refractivity contribution >= 4 is 29.2 Å². The van der Waals surface area contributed by atoms with Crippen LogP contribution in [0.15, 0.2) is 42.5 Å². The van der Waals surface area contributed by atoms with E-state index in [0.717, 1.165) is 19.3 Å². The molecule has 0 spiro atoms. The van der Waals surface area contributed by atoms with Crippen molar-refractivity contribution in [2.24, 2.45) is 5.73 Å². The lowest BCUT2D eigenvalue weighted by Crippen LogP contribution is -2.37. The zero-order valence-corrected chi connectivity index (χ0v) is 22.0. The minimum atomic E-state index is -4.30. The van der Waals surface area contributed by atoms with Gasteiger partial charge in [0.2, 0.25) is 0 Å². The van der Waals surface area contributed by atoms with Crippen LogP contribution in [0, 0.1) is 6.92 Å². The van der Waals surface area contributed by atoms with Crippen molar-refractivity contribution in [1.82, 2.24) is 9.78 Å². The molecule has 1 aromatic heterocycles. The number of hydrogen-bond acceptors (Lipinski definition) is 5. The number of nitrogens with zero attached hydrogens (tertiary/aromatic N) is 2. The summed E-state index contributed by atoms with van der Waals surface area (Å²) in [6.07, 6.45) is -1.33. The van der Waals surface area contributed by atoms with Crippen molar-refractivity contribution in [3.05, 3.63) is 63.8 Å². The number of rotatable bonds is 6. The number of ether oxygens (including phenoxy) is 1. The minimum absolute atomic E-state index is 0.0590. The smallest absolute Gasteiger partial charge is 0.392 e. The zero-order valence-electron chi connectivity index (χ0n) is 20.5. The lowest BCUT2D eigenvalue weighted by molar-refractivity contribution is -0.139. The van der Waals surface area contributed by atoms with E-state index in [2.05, 4.69) is 5.10 Å². The van der Waals surface area contributed by atoms with Crippen LogP contribution in [0.3, 0.4) is 0 Å². The van der Waals surface area contributed by atoms with Crippen molar-refractivity contribution in [2.75, 3.05) is 6.61 Å². The number of halogens is 5. The Kier molecular flexibility index (Phi) is 10.1. The maximum Gasteiger partial charge on any atom is 0.392 e. The first-order valence-corrected chi connectivity index (χ1v) is 12.6. The number of benzene rings is 2. The van der Waals surface area contributed by atoms with Crippen LogP contribution >= 0.6 is 23.2 Å². The van der Waals surface area contributed by atoms with E-state index in [9.17, 15) is 23.1 Å². The first kappa shape index (κ1) is 29.8. The average Bonchev–Trinajstić information content (AvgIpc) is 3.18. The summed E-state index contributed by atoms with van der Waals surface area (Å²) in [5, 5.41) is 23.4. The molecule has 206 valence electrons. The summed E-state index contributed by atoms with van der Waals surface area (Å²) in [6, 6.07) is 11.0. The number of aromatic carboxylic acids is 1. The molecule has 2 aromatic carbocycles. The van der Waals surface area contributed by atoms with E-state index < -0.39 is 25.2 Å². The molecular weight excluding hydrogens is 546 g/mol. The van der Waals surface area contributed by atoms with Crippen molar-refractivity contribution < 1.29 is 32.9 Å². The van der Waals surface area contributed by atoms with E-state index in [1.165, 1.54) is 29.3 Å². The summed E-state index contributed by atoms with van der Waals surface area (Å²) in [4.78, 5) is 11.6. The molecule has 0 amide bonds. The first-order valence-electron chi connectivity index (χ1n) is 11.9. The Balaban J connectivity index is 0.000000427. The zero-order chi connectivity index (χ0) is 28.0. The predicted octanol–water partition coefficient (Wildman–Crippen LogP) is 6.43. The van der Waals surface area contributed by atoms with E-state index in [-0.39, 0.29) is 28.6 Å². The molecule has 0 aliphatic heterocycles. The minimum Gasteiger partial charge on any atom is -0.493 e. The molecule has 2 atom stereocenters. The molecule has 0 bridgehead atoms. The third-order valence-corrected chi connectivity index (χ3v) is 6.56. The van der Waals surface area contributed by atoms with Gasteiger partial charge in [0.1, 0.15) is 5.75 Å². The molecule has 2 unspecified atom stereocenters. The fourth-order valence-corrected chi connectivity index (χ4v) is 4.49. The molecule has 4 N–H and O–H groups in total. The standard InChI is InChI=1S/C20H15Cl2F3N2O3.C6H13NO/c1-11-17(19(28)29)26-27(16-7-4-13(21)10-15(16)22)18(11)12-2-5-14(6-3-12)30-9-8-20(23,24)25;7-5-3-1-2-4-6(5)8/h2-7,10H,8-9H2,1H3,(H,28,29);5-6,8H,1-4,7H2. The predicted molar refractivity (Wildman–Crippen MR) is 139 cm³/mol. The maximum absolute atomic E-state index is 12.3. The molecule has 38 heavy (non-hydrogen) atoms. The topological polar surface area (TPSA) is 111 Å². The number of aromatic nitrogens is 2. The second-order valence-corrected chi connectivity index (χ2v) is 9.73. The number of carboxylic acids is 1. The maximum atomic E-state index is 12.3. The molecule has 1 saturated carbocycles. The Morgan fingerprint density at radius 1 is 1.16 bits per heavy atom. The van der Waals surface area contributed by atoms with Crippen LogP contribution in [0.4, 0.5) is 13.2 Å². The Labute approximate surface area is 227 Å². The normalized spacial score (nSPS) is 17.5.